The fraction of sp³-hybridized carbons (Fsp3) is 0.0667. The van der Waals surface area contributed by atoms with Crippen molar-refractivity contribution in [2.24, 2.45) is 0 Å². The topological polar surface area (TPSA) is 48.7 Å². The Morgan fingerprint density at radius 1 is 1.20 bits per heavy atom. The monoisotopic (exact) mass is 299 g/mol. The second kappa shape index (κ2) is 5.49. The van der Waals surface area contributed by atoms with Crippen molar-refractivity contribution in [1.29, 1.82) is 5.26 Å². The van der Waals surface area contributed by atoms with E-state index < -0.39 is 0 Å². The molecular formula is C15H10ClN3S. The lowest BCUT2D eigenvalue weighted by Gasteiger charge is -2.02. The predicted octanol–water partition coefficient (Wildman–Crippen LogP) is 4.76. The molecule has 20 heavy (non-hydrogen) atoms. The van der Waals surface area contributed by atoms with Gasteiger partial charge in [-0.1, -0.05) is 41.1 Å². The highest BCUT2D eigenvalue weighted by Gasteiger charge is 2.06. The molecule has 3 aromatic rings. The van der Waals surface area contributed by atoms with Crippen LogP contribution in [0, 0.1) is 11.3 Å². The van der Waals surface area contributed by atoms with Crippen molar-refractivity contribution in [1.82, 2.24) is 4.98 Å². The number of hydrogen-bond acceptors (Lipinski definition) is 4. The first-order chi connectivity index (χ1) is 9.76. The van der Waals surface area contributed by atoms with Crippen LogP contribution in [0.1, 0.15) is 5.56 Å². The highest BCUT2D eigenvalue weighted by Crippen LogP contribution is 2.33. The van der Waals surface area contributed by atoms with Crippen molar-refractivity contribution in [3.63, 3.8) is 0 Å². The minimum atomic E-state index is 0.428. The Morgan fingerprint density at radius 2 is 2.00 bits per heavy atom. The van der Waals surface area contributed by atoms with Gasteiger partial charge in [-0.25, -0.2) is 4.98 Å². The van der Waals surface area contributed by atoms with Crippen LogP contribution >= 0.6 is 22.9 Å². The zero-order valence-corrected chi connectivity index (χ0v) is 12.0. The molecule has 0 radical (unpaired) electrons. The van der Waals surface area contributed by atoms with Crippen LogP contribution in [-0.4, -0.2) is 4.98 Å². The fourth-order valence-corrected chi connectivity index (χ4v) is 3.06. The van der Waals surface area contributed by atoms with E-state index in [0.717, 1.165) is 31.6 Å². The Bertz CT molecular complexity index is 787. The number of benzene rings is 2. The molecule has 0 fully saturated rings. The van der Waals surface area contributed by atoms with Crippen LogP contribution in [0.2, 0.25) is 5.02 Å². The largest absolute Gasteiger partial charge is 0.332 e. The molecular weight excluding hydrogens is 290 g/mol. The maximum Gasteiger partial charge on any atom is 0.188 e. The van der Waals surface area contributed by atoms with Gasteiger partial charge in [-0.15, -0.1) is 0 Å². The fourth-order valence-electron chi connectivity index (χ4n) is 1.89. The van der Waals surface area contributed by atoms with E-state index in [1.54, 1.807) is 0 Å². The summed E-state index contributed by atoms with van der Waals surface area (Å²) in [6, 6.07) is 15.6. The Labute approximate surface area is 125 Å². The minimum absolute atomic E-state index is 0.428. The van der Waals surface area contributed by atoms with E-state index >= 15 is 0 Å². The van der Waals surface area contributed by atoms with E-state index in [1.165, 1.54) is 11.3 Å². The summed E-state index contributed by atoms with van der Waals surface area (Å²) >= 11 is 7.67. The van der Waals surface area contributed by atoms with Crippen LogP contribution in [0.25, 0.3) is 10.2 Å². The van der Waals surface area contributed by atoms with Crippen LogP contribution in [0.3, 0.4) is 0 Å². The summed E-state index contributed by atoms with van der Waals surface area (Å²) in [5, 5.41) is 13.4. The molecule has 0 unspecified atom stereocenters. The molecule has 3 nitrogen and oxygen atoms in total. The summed E-state index contributed by atoms with van der Waals surface area (Å²) in [5.74, 6) is 0. The lowest BCUT2D eigenvalue weighted by molar-refractivity contribution is 1.26. The number of halogens is 1. The molecule has 5 heteroatoms. The van der Waals surface area contributed by atoms with E-state index in [-0.39, 0.29) is 0 Å². The molecule has 0 saturated carbocycles. The molecule has 1 N–H and O–H groups in total. The number of nitrogens with one attached hydrogen (secondary N) is 1. The first-order valence-electron chi connectivity index (χ1n) is 6.04. The van der Waals surface area contributed by atoms with Gasteiger partial charge in [-0.2, -0.15) is 5.26 Å². The van der Waals surface area contributed by atoms with Gasteiger partial charge in [-0.3, -0.25) is 0 Å². The SMILES string of the molecule is N#CCc1ccc(Nc2nc3cccc(Cl)c3s2)cc1. The molecule has 0 saturated heterocycles. The number of anilines is 2. The molecule has 1 heterocycles. The van der Waals surface area contributed by atoms with Gasteiger partial charge >= 0.3 is 0 Å². The van der Waals surface area contributed by atoms with Crippen LogP contribution in [0.5, 0.6) is 0 Å². The average Bonchev–Trinajstić information content (AvgIpc) is 2.85. The summed E-state index contributed by atoms with van der Waals surface area (Å²) in [5.41, 5.74) is 2.85. The Kier molecular flexibility index (Phi) is 3.55. The van der Waals surface area contributed by atoms with Gasteiger partial charge in [0.1, 0.15) is 0 Å². The van der Waals surface area contributed by atoms with Crippen molar-refractivity contribution in [2.45, 2.75) is 6.42 Å². The van der Waals surface area contributed by atoms with Gasteiger partial charge in [-0.05, 0) is 29.8 Å². The van der Waals surface area contributed by atoms with Crippen LogP contribution in [0.4, 0.5) is 10.8 Å². The Hall–Kier alpha value is -2.09. The quantitative estimate of drug-likeness (QED) is 0.758. The molecule has 98 valence electrons. The minimum Gasteiger partial charge on any atom is -0.332 e. The van der Waals surface area contributed by atoms with E-state index in [4.69, 9.17) is 16.9 Å². The number of hydrogen-bond donors (Lipinski definition) is 1. The lowest BCUT2D eigenvalue weighted by Crippen LogP contribution is -1.89. The van der Waals surface area contributed by atoms with Gasteiger partial charge < -0.3 is 5.32 Å². The first kappa shape index (κ1) is 12.9. The Morgan fingerprint density at radius 3 is 2.70 bits per heavy atom. The second-order valence-electron chi connectivity index (χ2n) is 4.26. The molecule has 1 aromatic heterocycles. The maximum absolute atomic E-state index is 8.64. The normalized spacial score (nSPS) is 10.4. The number of aromatic nitrogens is 1. The van der Waals surface area contributed by atoms with Crippen molar-refractivity contribution in [2.75, 3.05) is 5.32 Å². The van der Waals surface area contributed by atoms with Crippen LogP contribution < -0.4 is 5.32 Å². The summed E-state index contributed by atoms with van der Waals surface area (Å²) in [7, 11) is 0. The van der Waals surface area contributed by atoms with Crippen molar-refractivity contribution < 1.29 is 0 Å². The zero-order chi connectivity index (χ0) is 13.9. The van der Waals surface area contributed by atoms with Crippen molar-refractivity contribution >= 4 is 44.0 Å². The third-order valence-electron chi connectivity index (χ3n) is 2.86. The molecule has 0 amide bonds. The standard InChI is InChI=1S/C15H10ClN3S/c16-12-2-1-3-13-14(12)20-15(19-13)18-11-6-4-10(5-7-11)8-9-17/h1-7H,8H2,(H,18,19). The summed E-state index contributed by atoms with van der Waals surface area (Å²) in [4.78, 5) is 4.50. The molecule has 2 aromatic carbocycles. The molecule has 0 aliphatic heterocycles. The molecule has 0 bridgehead atoms. The summed E-state index contributed by atoms with van der Waals surface area (Å²) in [6.07, 6.45) is 0.428. The van der Waals surface area contributed by atoms with Crippen LogP contribution in [-0.2, 0) is 6.42 Å². The van der Waals surface area contributed by atoms with Gasteiger partial charge in [0.25, 0.3) is 0 Å². The molecule has 0 atom stereocenters. The molecule has 3 rings (SSSR count). The number of thiazole rings is 1. The number of nitrogens with zero attached hydrogens (tertiary/aromatic N) is 2. The lowest BCUT2D eigenvalue weighted by atomic mass is 10.1. The highest BCUT2D eigenvalue weighted by molar-refractivity contribution is 7.22. The van der Waals surface area contributed by atoms with Crippen LogP contribution in [0.15, 0.2) is 42.5 Å². The zero-order valence-electron chi connectivity index (χ0n) is 10.4. The molecule has 0 aliphatic rings. The number of fused-ring (bicyclic) bond motifs is 1. The van der Waals surface area contributed by atoms with E-state index in [1.807, 2.05) is 42.5 Å². The van der Waals surface area contributed by atoms with Gasteiger partial charge in [0.2, 0.25) is 0 Å². The third-order valence-corrected chi connectivity index (χ3v) is 4.30. The van der Waals surface area contributed by atoms with E-state index in [0.29, 0.717) is 6.42 Å². The van der Waals surface area contributed by atoms with Crippen molar-refractivity contribution in [3.05, 3.63) is 53.1 Å². The third kappa shape index (κ3) is 2.60. The van der Waals surface area contributed by atoms with Gasteiger partial charge in [0.15, 0.2) is 5.13 Å². The maximum atomic E-state index is 8.64. The van der Waals surface area contributed by atoms with Gasteiger partial charge in [0, 0.05) is 5.69 Å². The molecule has 0 aliphatic carbocycles. The predicted molar refractivity (Wildman–Crippen MR) is 83.7 cm³/mol. The molecule has 0 spiro atoms. The van der Waals surface area contributed by atoms with Crippen molar-refractivity contribution in [3.8, 4) is 6.07 Å². The number of nitriles is 1. The van der Waals surface area contributed by atoms with E-state index in [2.05, 4.69) is 16.4 Å². The highest BCUT2D eigenvalue weighted by atomic mass is 35.5. The summed E-state index contributed by atoms with van der Waals surface area (Å²) < 4.78 is 0.984. The first-order valence-corrected chi connectivity index (χ1v) is 7.24. The smallest absolute Gasteiger partial charge is 0.188 e. The van der Waals surface area contributed by atoms with E-state index in [9.17, 15) is 0 Å². The Balaban J connectivity index is 1.85. The average molecular weight is 300 g/mol. The van der Waals surface area contributed by atoms with Gasteiger partial charge in [0.05, 0.1) is 27.7 Å². The summed E-state index contributed by atoms with van der Waals surface area (Å²) in [6.45, 7) is 0. The number of rotatable bonds is 3. The second-order valence-corrected chi connectivity index (χ2v) is 5.67.